The summed E-state index contributed by atoms with van der Waals surface area (Å²) >= 11 is 2.24. The number of fused-ring (bicyclic) bond motifs is 5. The molecule has 0 bridgehead atoms. The number of ether oxygens (including phenoxy) is 3. The summed E-state index contributed by atoms with van der Waals surface area (Å²) in [5.41, 5.74) is 2.23. The highest BCUT2D eigenvalue weighted by Crippen LogP contribution is 2.67. The average molecular weight is 677 g/mol. The van der Waals surface area contributed by atoms with Crippen molar-refractivity contribution in [3.05, 3.63) is 45.0 Å². The highest BCUT2D eigenvalue weighted by molar-refractivity contribution is 14.1. The lowest BCUT2D eigenvalue weighted by molar-refractivity contribution is -0.177. The molecule has 0 heterocycles. The van der Waals surface area contributed by atoms with Crippen molar-refractivity contribution in [2.24, 2.45) is 40.4 Å². The van der Waals surface area contributed by atoms with Gasteiger partial charge in [0.15, 0.2) is 0 Å². The molecular formula is C34H45IO6. The number of hydrogen-bond acceptors (Lipinski definition) is 6. The molecule has 4 aliphatic carbocycles. The van der Waals surface area contributed by atoms with Crippen LogP contribution in [0.3, 0.4) is 0 Å². The molecule has 5 rings (SSSR count). The molecular weight excluding hydrogens is 631 g/mol. The summed E-state index contributed by atoms with van der Waals surface area (Å²) in [6.45, 7) is 8.63. The van der Waals surface area contributed by atoms with E-state index in [0.29, 0.717) is 35.7 Å². The molecule has 7 heteroatoms. The third-order valence-corrected chi connectivity index (χ3v) is 12.1. The number of esters is 3. The standard InChI is InChI=1S/C34H45IO6/c1-20(9-12-30(37)39-5)26-10-11-27-31-28(14-16-34(26,27)4)33(3)15-13-25(40-21(2)36)18-23(33)19-29(31)41-32(38)22-7-6-8-24(35)17-22/h6-8,10,17,20,23,25,27-29,31H,9,11-16,18-19H2,1-5H3/t20-,23+,25-,27+,28?,29-,31?,33?,34-/m1/s1. The number of allylic oxidation sites excluding steroid dienone is 2. The van der Waals surface area contributed by atoms with E-state index in [1.807, 2.05) is 24.3 Å². The summed E-state index contributed by atoms with van der Waals surface area (Å²) in [5, 5.41) is 0. The Balaban J connectivity index is 1.44. The second kappa shape index (κ2) is 12.0. The van der Waals surface area contributed by atoms with E-state index >= 15 is 0 Å². The SMILES string of the molecule is COC(=O)CC[C@@H](C)C1=CC[C@H]2C3C(CC[C@]12C)C1(C)CC[C@@H](OC(C)=O)C[C@H]1C[C@H]3OC(=O)c1cccc(I)c1. The van der Waals surface area contributed by atoms with E-state index in [4.69, 9.17) is 14.2 Å². The number of methoxy groups -OCH3 is 1. The Morgan fingerprint density at radius 3 is 2.56 bits per heavy atom. The maximum Gasteiger partial charge on any atom is 0.338 e. The molecule has 4 aliphatic rings. The van der Waals surface area contributed by atoms with Crippen molar-refractivity contribution < 1.29 is 28.6 Å². The Morgan fingerprint density at radius 2 is 1.85 bits per heavy atom. The summed E-state index contributed by atoms with van der Waals surface area (Å²) in [4.78, 5) is 37.3. The van der Waals surface area contributed by atoms with Crippen molar-refractivity contribution in [1.29, 1.82) is 0 Å². The minimum absolute atomic E-state index is 0.0294. The van der Waals surface area contributed by atoms with E-state index < -0.39 is 0 Å². The van der Waals surface area contributed by atoms with Crippen LogP contribution in [0.4, 0.5) is 0 Å². The van der Waals surface area contributed by atoms with Crippen LogP contribution in [0.15, 0.2) is 35.9 Å². The topological polar surface area (TPSA) is 78.9 Å². The molecule has 0 N–H and O–H groups in total. The van der Waals surface area contributed by atoms with Gasteiger partial charge >= 0.3 is 17.9 Å². The predicted molar refractivity (Wildman–Crippen MR) is 165 cm³/mol. The fourth-order valence-electron chi connectivity index (χ4n) is 9.41. The number of hydrogen-bond donors (Lipinski definition) is 0. The largest absolute Gasteiger partial charge is 0.469 e. The van der Waals surface area contributed by atoms with Crippen molar-refractivity contribution in [3.8, 4) is 0 Å². The van der Waals surface area contributed by atoms with Gasteiger partial charge in [0.05, 0.1) is 12.7 Å². The van der Waals surface area contributed by atoms with Gasteiger partial charge in [0, 0.05) is 22.8 Å². The normalized spacial score (nSPS) is 36.6. The molecule has 9 atom stereocenters. The van der Waals surface area contributed by atoms with Crippen LogP contribution in [0.1, 0.15) is 95.8 Å². The molecule has 41 heavy (non-hydrogen) atoms. The Labute approximate surface area is 258 Å². The molecule has 3 saturated carbocycles. The minimum atomic E-state index is -0.242. The lowest BCUT2D eigenvalue weighted by Gasteiger charge is -2.62. The van der Waals surface area contributed by atoms with Crippen molar-refractivity contribution >= 4 is 40.5 Å². The number of benzene rings is 1. The lowest BCUT2D eigenvalue weighted by Crippen LogP contribution is -2.59. The first-order chi connectivity index (χ1) is 19.5. The van der Waals surface area contributed by atoms with Crippen LogP contribution in [-0.4, -0.2) is 37.2 Å². The van der Waals surface area contributed by atoms with Crippen LogP contribution in [0.25, 0.3) is 0 Å². The third-order valence-electron chi connectivity index (χ3n) is 11.4. The smallest absolute Gasteiger partial charge is 0.338 e. The van der Waals surface area contributed by atoms with Crippen LogP contribution in [0.2, 0.25) is 0 Å². The number of carbonyl (C=O) groups is 3. The van der Waals surface area contributed by atoms with Crippen molar-refractivity contribution in [1.82, 2.24) is 0 Å². The van der Waals surface area contributed by atoms with Gasteiger partial charge in [-0.1, -0.05) is 38.5 Å². The van der Waals surface area contributed by atoms with E-state index in [0.717, 1.165) is 54.9 Å². The number of halogens is 1. The molecule has 1 aromatic carbocycles. The van der Waals surface area contributed by atoms with E-state index in [-0.39, 0.29) is 46.9 Å². The van der Waals surface area contributed by atoms with Crippen molar-refractivity contribution in [3.63, 3.8) is 0 Å². The summed E-state index contributed by atoms with van der Waals surface area (Å²) in [5.74, 6) is 1.15. The summed E-state index contributed by atoms with van der Waals surface area (Å²) < 4.78 is 18.2. The highest BCUT2D eigenvalue weighted by Gasteiger charge is 2.62. The molecule has 0 spiro atoms. The van der Waals surface area contributed by atoms with Gasteiger partial charge in [-0.15, -0.1) is 0 Å². The fourth-order valence-corrected chi connectivity index (χ4v) is 9.95. The van der Waals surface area contributed by atoms with Crippen molar-refractivity contribution in [2.45, 2.75) is 97.7 Å². The first-order valence-corrected chi connectivity index (χ1v) is 16.4. The lowest BCUT2D eigenvalue weighted by atomic mass is 9.43. The number of rotatable bonds is 7. The van der Waals surface area contributed by atoms with E-state index in [1.54, 1.807) is 0 Å². The van der Waals surface area contributed by atoms with Gasteiger partial charge in [-0.3, -0.25) is 9.59 Å². The molecule has 6 nitrogen and oxygen atoms in total. The summed E-state index contributed by atoms with van der Waals surface area (Å²) in [6.07, 6.45) is 10.2. The summed E-state index contributed by atoms with van der Waals surface area (Å²) in [6, 6.07) is 7.63. The van der Waals surface area contributed by atoms with Crippen LogP contribution >= 0.6 is 22.6 Å². The monoisotopic (exact) mass is 676 g/mol. The zero-order valence-corrected chi connectivity index (χ0v) is 27.3. The minimum Gasteiger partial charge on any atom is -0.469 e. The highest BCUT2D eigenvalue weighted by atomic mass is 127. The van der Waals surface area contributed by atoms with Gasteiger partial charge < -0.3 is 14.2 Å². The average Bonchev–Trinajstić information content (AvgIpc) is 3.29. The number of carbonyl (C=O) groups excluding carboxylic acids is 3. The van der Waals surface area contributed by atoms with E-state index in [2.05, 4.69) is 49.4 Å². The second-order valence-electron chi connectivity index (χ2n) is 13.6. The maximum atomic E-state index is 13.6. The zero-order valence-electron chi connectivity index (χ0n) is 25.1. The molecule has 3 fully saturated rings. The molecule has 224 valence electrons. The van der Waals surface area contributed by atoms with Crippen LogP contribution in [-0.2, 0) is 23.8 Å². The van der Waals surface area contributed by atoms with Crippen LogP contribution < -0.4 is 0 Å². The zero-order chi connectivity index (χ0) is 29.5. The Kier molecular flexibility index (Phi) is 8.94. The molecule has 3 unspecified atom stereocenters. The molecule has 0 amide bonds. The van der Waals surface area contributed by atoms with Crippen molar-refractivity contribution in [2.75, 3.05) is 7.11 Å². The van der Waals surface area contributed by atoms with Crippen LogP contribution in [0, 0.1) is 44.0 Å². The van der Waals surface area contributed by atoms with Gasteiger partial charge in [0.1, 0.15) is 12.2 Å². The van der Waals surface area contributed by atoms with Gasteiger partial charge in [-0.2, -0.15) is 0 Å². The van der Waals surface area contributed by atoms with Gasteiger partial charge in [-0.05, 0) is 127 Å². The third kappa shape index (κ3) is 5.85. The Hall–Kier alpha value is -1.90. The quantitative estimate of drug-likeness (QED) is 0.129. The maximum absolute atomic E-state index is 13.6. The first-order valence-electron chi connectivity index (χ1n) is 15.4. The van der Waals surface area contributed by atoms with Gasteiger partial charge in [0.25, 0.3) is 0 Å². The van der Waals surface area contributed by atoms with Crippen LogP contribution in [0.5, 0.6) is 0 Å². The fraction of sp³-hybridized carbons (Fsp3) is 0.676. The molecule has 0 aliphatic heterocycles. The Morgan fingerprint density at radius 1 is 1.07 bits per heavy atom. The molecule has 0 aromatic heterocycles. The predicted octanol–water partition coefficient (Wildman–Crippen LogP) is 7.53. The van der Waals surface area contributed by atoms with E-state index in [9.17, 15) is 14.4 Å². The molecule has 0 radical (unpaired) electrons. The molecule has 0 saturated heterocycles. The molecule has 1 aromatic rings. The van der Waals surface area contributed by atoms with Gasteiger partial charge in [-0.25, -0.2) is 4.79 Å². The van der Waals surface area contributed by atoms with E-state index in [1.165, 1.54) is 19.6 Å². The Bertz CT molecular complexity index is 1210. The second-order valence-corrected chi connectivity index (χ2v) is 14.8. The van der Waals surface area contributed by atoms with Gasteiger partial charge in [0.2, 0.25) is 0 Å². The first kappa shape index (κ1) is 30.6. The summed E-state index contributed by atoms with van der Waals surface area (Å²) in [7, 11) is 1.45.